The second kappa shape index (κ2) is 5.46. The Hall–Kier alpha value is -1.46. The third-order valence-corrected chi connectivity index (χ3v) is 3.31. The van der Waals surface area contributed by atoms with E-state index < -0.39 is 0 Å². The van der Waals surface area contributed by atoms with Crippen LogP contribution in [0.5, 0.6) is 0 Å². The van der Waals surface area contributed by atoms with Crippen molar-refractivity contribution >= 4 is 11.6 Å². The molecule has 1 aromatic rings. The number of anilines is 1. The lowest BCUT2D eigenvalue weighted by Gasteiger charge is -2.11. The Labute approximate surface area is 106 Å². The van der Waals surface area contributed by atoms with Crippen LogP contribution >= 0.6 is 0 Å². The number of pyridine rings is 1. The van der Waals surface area contributed by atoms with Gasteiger partial charge in [-0.05, 0) is 31.4 Å². The SMILES string of the molecule is CC1C[C@H](C(=O)Nc2ccc(CO)nc2)O[C@@H]1C. The van der Waals surface area contributed by atoms with Crippen molar-refractivity contribution in [1.82, 2.24) is 4.98 Å². The van der Waals surface area contributed by atoms with Crippen LogP contribution in [-0.2, 0) is 16.1 Å². The van der Waals surface area contributed by atoms with Crippen molar-refractivity contribution in [2.45, 2.75) is 39.1 Å². The Morgan fingerprint density at radius 3 is 2.83 bits per heavy atom. The monoisotopic (exact) mass is 250 g/mol. The molecule has 0 spiro atoms. The number of rotatable bonds is 3. The largest absolute Gasteiger partial charge is 0.390 e. The summed E-state index contributed by atoms with van der Waals surface area (Å²) < 4.78 is 5.58. The molecular formula is C13H18N2O3. The van der Waals surface area contributed by atoms with Gasteiger partial charge in [0.2, 0.25) is 0 Å². The molecule has 5 nitrogen and oxygen atoms in total. The molecule has 1 amide bonds. The highest BCUT2D eigenvalue weighted by atomic mass is 16.5. The predicted molar refractivity (Wildman–Crippen MR) is 66.9 cm³/mol. The highest BCUT2D eigenvalue weighted by molar-refractivity contribution is 5.94. The minimum absolute atomic E-state index is 0.102. The molecule has 0 radical (unpaired) electrons. The number of aliphatic hydroxyl groups excluding tert-OH is 1. The second-order valence-corrected chi connectivity index (χ2v) is 4.73. The molecule has 98 valence electrons. The Morgan fingerprint density at radius 1 is 1.56 bits per heavy atom. The van der Waals surface area contributed by atoms with Crippen molar-refractivity contribution in [3.63, 3.8) is 0 Å². The van der Waals surface area contributed by atoms with Gasteiger partial charge in [-0.2, -0.15) is 0 Å². The van der Waals surface area contributed by atoms with E-state index in [1.807, 2.05) is 6.92 Å². The molecule has 2 N–H and O–H groups in total. The number of amides is 1. The summed E-state index contributed by atoms with van der Waals surface area (Å²) >= 11 is 0. The Morgan fingerprint density at radius 2 is 2.33 bits per heavy atom. The lowest BCUT2D eigenvalue weighted by molar-refractivity contribution is -0.126. The van der Waals surface area contributed by atoms with Gasteiger partial charge in [0, 0.05) is 0 Å². The Kier molecular flexibility index (Phi) is 3.93. The van der Waals surface area contributed by atoms with E-state index in [1.54, 1.807) is 12.1 Å². The summed E-state index contributed by atoms with van der Waals surface area (Å²) in [6.45, 7) is 3.96. The van der Waals surface area contributed by atoms with Gasteiger partial charge in [-0.25, -0.2) is 0 Å². The van der Waals surface area contributed by atoms with E-state index in [4.69, 9.17) is 9.84 Å². The van der Waals surface area contributed by atoms with Crippen LogP contribution in [-0.4, -0.2) is 28.2 Å². The van der Waals surface area contributed by atoms with Crippen molar-refractivity contribution in [2.24, 2.45) is 5.92 Å². The highest BCUT2D eigenvalue weighted by Crippen LogP contribution is 2.26. The number of nitrogens with one attached hydrogen (secondary N) is 1. The third kappa shape index (κ3) is 2.86. The summed E-state index contributed by atoms with van der Waals surface area (Å²) in [4.78, 5) is 15.9. The van der Waals surface area contributed by atoms with Crippen LogP contribution in [0.25, 0.3) is 0 Å². The number of nitrogens with zero attached hydrogens (tertiary/aromatic N) is 1. The molecule has 5 heteroatoms. The summed E-state index contributed by atoms with van der Waals surface area (Å²) in [5.41, 5.74) is 1.19. The van der Waals surface area contributed by atoms with Crippen LogP contribution in [0, 0.1) is 5.92 Å². The number of aromatic nitrogens is 1. The molecule has 1 aromatic heterocycles. The van der Waals surface area contributed by atoms with Gasteiger partial charge in [0.05, 0.1) is 30.3 Å². The molecule has 2 rings (SSSR count). The molecule has 2 heterocycles. The fourth-order valence-corrected chi connectivity index (χ4v) is 1.96. The molecular weight excluding hydrogens is 232 g/mol. The van der Waals surface area contributed by atoms with Gasteiger partial charge in [-0.1, -0.05) is 6.92 Å². The summed E-state index contributed by atoms with van der Waals surface area (Å²) in [5.74, 6) is 0.264. The molecule has 1 fully saturated rings. The minimum atomic E-state index is -0.382. The maximum atomic E-state index is 11.9. The topological polar surface area (TPSA) is 71.5 Å². The summed E-state index contributed by atoms with van der Waals surface area (Å²) in [5, 5.41) is 11.6. The van der Waals surface area contributed by atoms with Crippen LogP contribution in [0.3, 0.4) is 0 Å². The maximum absolute atomic E-state index is 11.9. The van der Waals surface area contributed by atoms with Gasteiger partial charge in [-0.3, -0.25) is 9.78 Å². The summed E-state index contributed by atoms with van der Waals surface area (Å²) in [6.07, 6.45) is 2.02. The van der Waals surface area contributed by atoms with Crippen LogP contribution < -0.4 is 5.32 Å². The van der Waals surface area contributed by atoms with Gasteiger partial charge in [-0.15, -0.1) is 0 Å². The molecule has 1 saturated heterocycles. The smallest absolute Gasteiger partial charge is 0.253 e. The van der Waals surface area contributed by atoms with Gasteiger partial charge >= 0.3 is 0 Å². The van der Waals surface area contributed by atoms with E-state index in [1.165, 1.54) is 6.20 Å². The molecule has 3 atom stereocenters. The normalized spacial score (nSPS) is 27.2. The van der Waals surface area contributed by atoms with Crippen molar-refractivity contribution in [2.75, 3.05) is 5.32 Å². The molecule has 18 heavy (non-hydrogen) atoms. The number of aliphatic hydroxyl groups is 1. The standard InChI is InChI=1S/C13H18N2O3/c1-8-5-12(18-9(8)2)13(17)15-10-3-4-11(7-16)14-6-10/h3-4,6,8-9,12,16H,5,7H2,1-2H3,(H,15,17)/t8?,9-,12-/m1/s1. The highest BCUT2D eigenvalue weighted by Gasteiger charge is 2.33. The van der Waals surface area contributed by atoms with Crippen molar-refractivity contribution < 1.29 is 14.6 Å². The predicted octanol–water partition coefficient (Wildman–Crippen LogP) is 1.33. The Bertz CT molecular complexity index is 409. The lowest BCUT2D eigenvalue weighted by atomic mass is 10.0. The van der Waals surface area contributed by atoms with E-state index >= 15 is 0 Å². The van der Waals surface area contributed by atoms with E-state index in [-0.39, 0.29) is 24.7 Å². The van der Waals surface area contributed by atoms with Gasteiger partial charge in [0.1, 0.15) is 6.10 Å². The molecule has 0 saturated carbocycles. The Balaban J connectivity index is 1.94. The van der Waals surface area contributed by atoms with E-state index in [9.17, 15) is 4.79 Å². The molecule has 1 aliphatic rings. The second-order valence-electron chi connectivity index (χ2n) is 4.73. The van der Waals surface area contributed by atoms with Crippen LogP contribution in [0.2, 0.25) is 0 Å². The van der Waals surface area contributed by atoms with Gasteiger partial charge < -0.3 is 15.2 Å². The maximum Gasteiger partial charge on any atom is 0.253 e. The fraction of sp³-hybridized carbons (Fsp3) is 0.538. The van der Waals surface area contributed by atoms with Crippen molar-refractivity contribution in [3.8, 4) is 0 Å². The van der Waals surface area contributed by atoms with E-state index in [0.29, 0.717) is 17.3 Å². The van der Waals surface area contributed by atoms with Crippen molar-refractivity contribution in [1.29, 1.82) is 0 Å². The first-order chi connectivity index (χ1) is 8.60. The molecule has 1 unspecified atom stereocenters. The first kappa shape index (κ1) is 13.0. The van der Waals surface area contributed by atoms with Crippen LogP contribution in [0.1, 0.15) is 26.0 Å². The summed E-state index contributed by atoms with van der Waals surface area (Å²) in [7, 11) is 0. The minimum Gasteiger partial charge on any atom is -0.390 e. The molecule has 0 aliphatic carbocycles. The average molecular weight is 250 g/mol. The van der Waals surface area contributed by atoms with Gasteiger partial charge in [0.25, 0.3) is 5.91 Å². The summed E-state index contributed by atoms with van der Waals surface area (Å²) in [6, 6.07) is 3.40. The lowest BCUT2D eigenvalue weighted by Crippen LogP contribution is -2.27. The van der Waals surface area contributed by atoms with Crippen LogP contribution in [0.15, 0.2) is 18.3 Å². The van der Waals surface area contributed by atoms with Crippen molar-refractivity contribution in [3.05, 3.63) is 24.0 Å². The van der Waals surface area contributed by atoms with Crippen LogP contribution in [0.4, 0.5) is 5.69 Å². The van der Waals surface area contributed by atoms with Gasteiger partial charge in [0.15, 0.2) is 0 Å². The zero-order chi connectivity index (χ0) is 13.1. The number of hydrogen-bond acceptors (Lipinski definition) is 4. The average Bonchev–Trinajstić information content (AvgIpc) is 2.71. The van der Waals surface area contributed by atoms with E-state index in [2.05, 4.69) is 17.2 Å². The molecule has 0 bridgehead atoms. The first-order valence-electron chi connectivity index (χ1n) is 6.12. The number of carbonyl (C=O) groups excluding carboxylic acids is 1. The number of carbonyl (C=O) groups is 1. The zero-order valence-corrected chi connectivity index (χ0v) is 10.6. The quantitative estimate of drug-likeness (QED) is 0.849. The number of hydrogen-bond donors (Lipinski definition) is 2. The fourth-order valence-electron chi connectivity index (χ4n) is 1.96. The zero-order valence-electron chi connectivity index (χ0n) is 10.6. The first-order valence-corrected chi connectivity index (χ1v) is 6.12. The number of ether oxygens (including phenoxy) is 1. The molecule has 1 aliphatic heterocycles. The van der Waals surface area contributed by atoms with E-state index in [0.717, 1.165) is 6.42 Å². The third-order valence-electron chi connectivity index (χ3n) is 3.31. The molecule has 0 aromatic carbocycles.